The Hall–Kier alpha value is -2.06. The van der Waals surface area contributed by atoms with E-state index in [0.717, 1.165) is 5.56 Å². The summed E-state index contributed by atoms with van der Waals surface area (Å²) in [7, 11) is 0. The molecule has 1 aliphatic heterocycles. The summed E-state index contributed by atoms with van der Waals surface area (Å²) in [6.45, 7) is 4.04. The van der Waals surface area contributed by atoms with Crippen LogP contribution in [-0.2, 0) is 10.7 Å². The lowest BCUT2D eigenvalue weighted by Gasteiger charge is -2.26. The number of alkyl halides is 3. The van der Waals surface area contributed by atoms with Gasteiger partial charge in [-0.2, -0.15) is 17.5 Å². The van der Waals surface area contributed by atoms with E-state index in [-0.39, 0.29) is 16.2 Å². The lowest BCUT2D eigenvalue weighted by molar-refractivity contribution is -0.0570. The fourth-order valence-electron chi connectivity index (χ4n) is 2.88. The Bertz CT molecular complexity index is 864. The van der Waals surface area contributed by atoms with E-state index < -0.39 is 29.4 Å². The zero-order valence-electron chi connectivity index (χ0n) is 13.4. The molecule has 1 aliphatic rings. The van der Waals surface area contributed by atoms with E-state index in [1.165, 1.54) is 6.07 Å². The van der Waals surface area contributed by atoms with Gasteiger partial charge in [0.05, 0.1) is 11.1 Å². The third kappa shape index (κ3) is 3.50. The summed E-state index contributed by atoms with van der Waals surface area (Å²) in [6, 6.07) is 8.38. The summed E-state index contributed by atoms with van der Waals surface area (Å²) in [6.07, 6.45) is 0.701. The van der Waals surface area contributed by atoms with Crippen LogP contribution in [-0.4, -0.2) is 22.4 Å². The summed E-state index contributed by atoms with van der Waals surface area (Å²) < 4.78 is 41.6. The summed E-state index contributed by atoms with van der Waals surface area (Å²) in [5, 5.41) is 1.33. The van der Waals surface area contributed by atoms with Crippen LogP contribution < -0.4 is 0 Å². The highest BCUT2D eigenvalue weighted by atomic mass is 32.2. The second-order valence-electron chi connectivity index (χ2n) is 6.15. The van der Waals surface area contributed by atoms with Crippen LogP contribution >= 0.6 is 12.0 Å². The standard InChI is InChI=1S/C17H14F3NO3S/c1-9(2)6-10-7-11-4-3-5-12-14(11)13(8-10)16(23)21(15(12)22)24-25-17(18,19)20/h3-5,7-9H,6H2,1-2H3. The molecule has 0 bridgehead atoms. The fourth-order valence-corrected chi connectivity index (χ4v) is 3.18. The second-order valence-corrected chi connectivity index (χ2v) is 6.93. The van der Waals surface area contributed by atoms with Crippen molar-refractivity contribution in [3.05, 3.63) is 47.0 Å². The number of amides is 2. The maximum absolute atomic E-state index is 12.6. The number of hydrogen-bond donors (Lipinski definition) is 0. The number of hydroxylamine groups is 2. The van der Waals surface area contributed by atoms with Gasteiger partial charge in [-0.15, -0.1) is 5.06 Å². The quantitative estimate of drug-likeness (QED) is 0.577. The maximum Gasteiger partial charge on any atom is 0.470 e. The minimum Gasteiger partial charge on any atom is -0.266 e. The lowest BCUT2D eigenvalue weighted by Crippen LogP contribution is -2.39. The first-order chi connectivity index (χ1) is 11.7. The Labute approximate surface area is 146 Å². The molecule has 0 saturated heterocycles. The average Bonchev–Trinajstić information content (AvgIpc) is 2.50. The molecule has 1 heterocycles. The van der Waals surface area contributed by atoms with Crippen molar-refractivity contribution in [2.75, 3.05) is 0 Å². The van der Waals surface area contributed by atoms with Gasteiger partial charge in [-0.25, -0.2) is 0 Å². The van der Waals surface area contributed by atoms with E-state index in [1.54, 1.807) is 18.2 Å². The van der Waals surface area contributed by atoms with E-state index in [2.05, 4.69) is 4.28 Å². The smallest absolute Gasteiger partial charge is 0.266 e. The van der Waals surface area contributed by atoms with Crippen LogP contribution in [0.4, 0.5) is 13.2 Å². The van der Waals surface area contributed by atoms with Crippen LogP contribution in [0.15, 0.2) is 30.3 Å². The highest BCUT2D eigenvalue weighted by Gasteiger charge is 2.39. The van der Waals surface area contributed by atoms with Gasteiger partial charge in [0.1, 0.15) is 12.0 Å². The number of benzene rings is 2. The SMILES string of the molecule is CC(C)Cc1cc2c3c(cccc3c1)C(=O)N(OSC(F)(F)F)C2=O. The predicted molar refractivity (Wildman–Crippen MR) is 87.7 cm³/mol. The molecule has 3 rings (SSSR count). The third-order valence-corrected chi connectivity index (χ3v) is 4.13. The highest BCUT2D eigenvalue weighted by Crippen LogP contribution is 2.36. The van der Waals surface area contributed by atoms with Crippen molar-refractivity contribution in [2.24, 2.45) is 5.92 Å². The molecule has 0 atom stereocenters. The summed E-state index contributed by atoms with van der Waals surface area (Å²) in [5.74, 6) is -1.46. The van der Waals surface area contributed by atoms with Gasteiger partial charge in [0, 0.05) is 5.39 Å². The van der Waals surface area contributed by atoms with Crippen molar-refractivity contribution in [3.8, 4) is 0 Å². The molecule has 0 spiro atoms. The summed E-state index contributed by atoms with van der Waals surface area (Å²) in [5.41, 5.74) is -3.54. The molecule has 25 heavy (non-hydrogen) atoms. The summed E-state index contributed by atoms with van der Waals surface area (Å²) >= 11 is -0.889. The Kier molecular flexibility index (Phi) is 4.51. The number of halogens is 3. The van der Waals surface area contributed by atoms with Crippen LogP contribution in [0.5, 0.6) is 0 Å². The zero-order valence-corrected chi connectivity index (χ0v) is 14.2. The van der Waals surface area contributed by atoms with Crippen molar-refractivity contribution >= 4 is 34.6 Å². The van der Waals surface area contributed by atoms with Crippen LogP contribution in [0.2, 0.25) is 0 Å². The first-order valence-corrected chi connectivity index (χ1v) is 8.28. The highest BCUT2D eigenvalue weighted by molar-refractivity contribution is 7.95. The molecule has 0 aliphatic carbocycles. The molecule has 0 aromatic heterocycles. The van der Waals surface area contributed by atoms with E-state index in [1.807, 2.05) is 19.9 Å². The molecule has 132 valence electrons. The van der Waals surface area contributed by atoms with Crippen molar-refractivity contribution in [2.45, 2.75) is 25.8 Å². The Balaban J connectivity index is 2.09. The first kappa shape index (κ1) is 17.8. The number of carbonyl (C=O) groups is 2. The van der Waals surface area contributed by atoms with Gasteiger partial charge in [-0.1, -0.05) is 32.0 Å². The normalized spacial score (nSPS) is 14.7. The molecule has 8 heteroatoms. The number of hydrogen-bond acceptors (Lipinski definition) is 4. The van der Waals surface area contributed by atoms with Gasteiger partial charge in [0.25, 0.3) is 11.8 Å². The monoisotopic (exact) mass is 369 g/mol. The van der Waals surface area contributed by atoms with Crippen LogP contribution in [0.25, 0.3) is 10.8 Å². The molecule has 2 aromatic rings. The molecule has 2 amide bonds. The molecule has 4 nitrogen and oxygen atoms in total. The molecular formula is C17H14F3NO3S. The molecule has 0 unspecified atom stereocenters. The largest absolute Gasteiger partial charge is 0.470 e. The van der Waals surface area contributed by atoms with E-state index in [4.69, 9.17) is 0 Å². The molecule has 2 aromatic carbocycles. The van der Waals surface area contributed by atoms with Gasteiger partial charge >= 0.3 is 5.51 Å². The van der Waals surface area contributed by atoms with Crippen molar-refractivity contribution < 1.29 is 27.0 Å². The van der Waals surface area contributed by atoms with Crippen LogP contribution in [0, 0.1) is 5.92 Å². The molecule has 0 N–H and O–H groups in total. The number of nitrogens with zero attached hydrogens (tertiary/aromatic N) is 1. The maximum atomic E-state index is 12.6. The van der Waals surface area contributed by atoms with Crippen molar-refractivity contribution in [1.82, 2.24) is 5.06 Å². The Morgan fingerprint density at radius 2 is 1.80 bits per heavy atom. The van der Waals surface area contributed by atoms with Crippen molar-refractivity contribution in [3.63, 3.8) is 0 Å². The van der Waals surface area contributed by atoms with Crippen LogP contribution in [0.1, 0.15) is 40.1 Å². The third-order valence-electron chi connectivity index (χ3n) is 3.72. The van der Waals surface area contributed by atoms with E-state index >= 15 is 0 Å². The van der Waals surface area contributed by atoms with Gasteiger partial charge in [-0.05, 0) is 35.4 Å². The Morgan fingerprint density at radius 1 is 1.12 bits per heavy atom. The topological polar surface area (TPSA) is 46.6 Å². The molecule has 0 saturated carbocycles. The predicted octanol–water partition coefficient (Wildman–Crippen LogP) is 4.73. The van der Waals surface area contributed by atoms with Crippen molar-refractivity contribution in [1.29, 1.82) is 0 Å². The lowest BCUT2D eigenvalue weighted by atomic mass is 9.91. The van der Waals surface area contributed by atoms with Gasteiger partial charge in [-0.3, -0.25) is 9.59 Å². The van der Waals surface area contributed by atoms with Gasteiger partial charge in [0.15, 0.2) is 0 Å². The van der Waals surface area contributed by atoms with E-state index in [0.29, 0.717) is 23.1 Å². The average molecular weight is 369 g/mol. The zero-order chi connectivity index (χ0) is 18.4. The summed E-state index contributed by atoms with van der Waals surface area (Å²) in [4.78, 5) is 25.0. The molecule has 0 fully saturated rings. The number of imide groups is 1. The fraction of sp³-hybridized carbons (Fsp3) is 0.294. The molecule has 0 radical (unpaired) electrons. The Morgan fingerprint density at radius 3 is 2.44 bits per heavy atom. The van der Waals surface area contributed by atoms with Gasteiger partial charge in [0.2, 0.25) is 0 Å². The van der Waals surface area contributed by atoms with E-state index in [9.17, 15) is 22.8 Å². The minimum absolute atomic E-state index is 0.144. The minimum atomic E-state index is -4.73. The van der Waals surface area contributed by atoms with Crippen LogP contribution in [0.3, 0.4) is 0 Å². The number of carbonyl (C=O) groups excluding carboxylic acids is 2. The second kappa shape index (κ2) is 6.34. The molecular weight excluding hydrogens is 355 g/mol. The number of rotatable bonds is 4. The van der Waals surface area contributed by atoms with Gasteiger partial charge < -0.3 is 0 Å². The first-order valence-electron chi connectivity index (χ1n) is 7.54.